The van der Waals surface area contributed by atoms with Crippen molar-refractivity contribution in [1.82, 2.24) is 5.32 Å². The first-order valence-electron chi connectivity index (χ1n) is 5.67. The van der Waals surface area contributed by atoms with E-state index < -0.39 is 0 Å². The predicted octanol–water partition coefficient (Wildman–Crippen LogP) is 1.85. The lowest BCUT2D eigenvalue weighted by Gasteiger charge is -2.15. The Kier molecular flexibility index (Phi) is 3.05. The van der Waals surface area contributed by atoms with Crippen molar-refractivity contribution in [2.24, 2.45) is 0 Å². The number of fused-ring (bicyclic) bond motifs is 1. The molecule has 1 aliphatic heterocycles. The highest BCUT2D eigenvalue weighted by Gasteiger charge is 2.10. The highest BCUT2D eigenvalue weighted by atomic mass is 16.1. The minimum Gasteiger partial charge on any atom is -0.356 e. The first kappa shape index (κ1) is 10.2. The van der Waals surface area contributed by atoms with Crippen LogP contribution in [0.1, 0.15) is 30.0 Å². The average molecular weight is 203 g/mol. The van der Waals surface area contributed by atoms with E-state index in [1.807, 2.05) is 0 Å². The normalized spacial score (nSPS) is 16.2. The van der Waals surface area contributed by atoms with E-state index in [9.17, 15) is 4.79 Å². The molecule has 2 rings (SSSR count). The highest BCUT2D eigenvalue weighted by molar-refractivity contribution is 5.76. The van der Waals surface area contributed by atoms with Crippen molar-refractivity contribution in [2.45, 2.75) is 32.6 Å². The fourth-order valence-electron chi connectivity index (χ4n) is 2.05. The van der Waals surface area contributed by atoms with Gasteiger partial charge in [0, 0.05) is 13.0 Å². The van der Waals surface area contributed by atoms with Crippen molar-refractivity contribution in [1.29, 1.82) is 0 Å². The summed E-state index contributed by atoms with van der Waals surface area (Å²) in [6.45, 7) is 2.94. The Hall–Kier alpha value is -1.31. The summed E-state index contributed by atoms with van der Waals surface area (Å²) in [6, 6.07) is 6.67. The molecule has 1 aromatic rings. The van der Waals surface area contributed by atoms with Gasteiger partial charge in [-0.1, -0.05) is 25.1 Å². The molecule has 1 heterocycles. The molecule has 0 aromatic heterocycles. The predicted molar refractivity (Wildman–Crippen MR) is 60.9 cm³/mol. The second-order valence-electron chi connectivity index (χ2n) is 4.06. The third-order valence-electron chi connectivity index (χ3n) is 3.02. The molecule has 2 heteroatoms. The van der Waals surface area contributed by atoms with Crippen molar-refractivity contribution >= 4 is 5.91 Å². The van der Waals surface area contributed by atoms with Gasteiger partial charge in [-0.3, -0.25) is 4.79 Å². The van der Waals surface area contributed by atoms with Gasteiger partial charge in [-0.15, -0.1) is 0 Å². The Labute approximate surface area is 90.7 Å². The Morgan fingerprint density at radius 1 is 1.20 bits per heavy atom. The molecule has 1 amide bonds. The van der Waals surface area contributed by atoms with E-state index in [2.05, 4.69) is 30.4 Å². The van der Waals surface area contributed by atoms with Gasteiger partial charge in [-0.05, 0) is 36.0 Å². The van der Waals surface area contributed by atoms with Crippen LogP contribution in [-0.2, 0) is 24.1 Å². The number of benzene rings is 1. The second kappa shape index (κ2) is 4.47. The van der Waals surface area contributed by atoms with E-state index in [-0.39, 0.29) is 5.91 Å². The number of carbonyl (C=O) groups is 1. The van der Waals surface area contributed by atoms with Crippen LogP contribution in [0.2, 0.25) is 0 Å². The fourth-order valence-corrected chi connectivity index (χ4v) is 2.05. The van der Waals surface area contributed by atoms with Gasteiger partial charge in [0.1, 0.15) is 0 Å². The van der Waals surface area contributed by atoms with Gasteiger partial charge in [0.05, 0.1) is 0 Å². The van der Waals surface area contributed by atoms with Crippen LogP contribution in [0.25, 0.3) is 0 Å². The van der Waals surface area contributed by atoms with Gasteiger partial charge in [-0.2, -0.15) is 0 Å². The van der Waals surface area contributed by atoms with Gasteiger partial charge in [0.15, 0.2) is 0 Å². The molecule has 80 valence electrons. The summed E-state index contributed by atoms with van der Waals surface area (Å²) in [7, 11) is 0. The van der Waals surface area contributed by atoms with E-state index in [1.54, 1.807) is 0 Å². The number of amides is 1. The minimum atomic E-state index is 0.183. The maximum Gasteiger partial charge on any atom is 0.220 e. The van der Waals surface area contributed by atoms with E-state index in [1.165, 1.54) is 16.7 Å². The van der Waals surface area contributed by atoms with Crippen LogP contribution in [0.4, 0.5) is 0 Å². The fraction of sp³-hybridized carbons (Fsp3) is 0.462. The van der Waals surface area contributed by atoms with Gasteiger partial charge >= 0.3 is 0 Å². The largest absolute Gasteiger partial charge is 0.356 e. The highest BCUT2D eigenvalue weighted by Crippen LogP contribution is 2.16. The maximum absolute atomic E-state index is 11.3. The zero-order valence-corrected chi connectivity index (χ0v) is 9.18. The summed E-state index contributed by atoms with van der Waals surface area (Å²) in [5.74, 6) is 0.183. The summed E-state index contributed by atoms with van der Waals surface area (Å²) < 4.78 is 0. The molecule has 1 aliphatic rings. The van der Waals surface area contributed by atoms with Crippen molar-refractivity contribution in [2.75, 3.05) is 6.54 Å². The van der Waals surface area contributed by atoms with Gasteiger partial charge in [0.2, 0.25) is 5.91 Å². The summed E-state index contributed by atoms with van der Waals surface area (Å²) in [5, 5.41) is 2.92. The molecule has 0 unspecified atom stereocenters. The Morgan fingerprint density at radius 3 is 2.87 bits per heavy atom. The third-order valence-corrected chi connectivity index (χ3v) is 3.02. The molecule has 0 aliphatic carbocycles. The first-order valence-corrected chi connectivity index (χ1v) is 5.67. The van der Waals surface area contributed by atoms with Crippen molar-refractivity contribution in [3.63, 3.8) is 0 Å². The molecule has 0 radical (unpaired) electrons. The number of nitrogens with one attached hydrogen (secondary N) is 1. The van der Waals surface area contributed by atoms with E-state index >= 15 is 0 Å². The summed E-state index contributed by atoms with van der Waals surface area (Å²) in [5.41, 5.74) is 4.13. The Balaban J connectivity index is 2.27. The van der Waals surface area contributed by atoms with Crippen LogP contribution >= 0.6 is 0 Å². The van der Waals surface area contributed by atoms with Crippen LogP contribution in [0.15, 0.2) is 18.2 Å². The standard InChI is InChI=1S/C13H17NO/c1-2-10-3-4-11-7-8-14-13(15)6-5-12(11)9-10/h3-4,9H,2,5-8H2,1H3,(H,14,15). The summed E-state index contributed by atoms with van der Waals surface area (Å²) in [6.07, 6.45) is 3.54. The van der Waals surface area contributed by atoms with Gasteiger partial charge in [-0.25, -0.2) is 0 Å². The van der Waals surface area contributed by atoms with Crippen molar-refractivity contribution in [3.8, 4) is 0 Å². The zero-order valence-electron chi connectivity index (χ0n) is 9.18. The van der Waals surface area contributed by atoms with Crippen molar-refractivity contribution < 1.29 is 4.79 Å². The molecule has 0 atom stereocenters. The molecule has 0 bridgehead atoms. The van der Waals surface area contributed by atoms with E-state index in [0.29, 0.717) is 6.42 Å². The lowest BCUT2D eigenvalue weighted by atomic mass is 9.95. The molecule has 1 N–H and O–H groups in total. The smallest absolute Gasteiger partial charge is 0.220 e. The molecule has 0 saturated heterocycles. The lowest BCUT2D eigenvalue weighted by Crippen LogP contribution is -2.28. The van der Waals surface area contributed by atoms with Crippen LogP contribution in [0.5, 0.6) is 0 Å². The molecule has 2 nitrogen and oxygen atoms in total. The average Bonchev–Trinajstić information content (AvgIpc) is 2.24. The quantitative estimate of drug-likeness (QED) is 0.741. The van der Waals surface area contributed by atoms with Crippen LogP contribution in [0, 0.1) is 0 Å². The van der Waals surface area contributed by atoms with Crippen molar-refractivity contribution in [3.05, 3.63) is 34.9 Å². The number of aryl methyl sites for hydroxylation is 2. The Bertz CT molecular complexity index is 371. The minimum absolute atomic E-state index is 0.183. The maximum atomic E-state index is 11.3. The number of carbonyl (C=O) groups excluding carboxylic acids is 1. The first-order chi connectivity index (χ1) is 7.29. The van der Waals surface area contributed by atoms with E-state index in [4.69, 9.17) is 0 Å². The number of hydrogen-bond donors (Lipinski definition) is 1. The van der Waals surface area contributed by atoms with Crippen LogP contribution < -0.4 is 5.32 Å². The zero-order chi connectivity index (χ0) is 10.7. The van der Waals surface area contributed by atoms with Crippen LogP contribution in [-0.4, -0.2) is 12.5 Å². The van der Waals surface area contributed by atoms with Gasteiger partial charge < -0.3 is 5.32 Å². The molecule has 0 fully saturated rings. The van der Waals surface area contributed by atoms with Crippen LogP contribution in [0.3, 0.4) is 0 Å². The second-order valence-corrected chi connectivity index (χ2v) is 4.06. The monoisotopic (exact) mass is 203 g/mol. The molecular weight excluding hydrogens is 186 g/mol. The molecule has 1 aromatic carbocycles. The molecule has 0 spiro atoms. The third kappa shape index (κ3) is 2.38. The molecular formula is C13H17NO. The topological polar surface area (TPSA) is 29.1 Å². The Morgan fingerprint density at radius 2 is 2.07 bits per heavy atom. The molecule has 0 saturated carbocycles. The SMILES string of the molecule is CCc1ccc2c(c1)CCC(=O)NCC2. The summed E-state index contributed by atoms with van der Waals surface area (Å²) >= 11 is 0. The molecule has 15 heavy (non-hydrogen) atoms. The summed E-state index contributed by atoms with van der Waals surface area (Å²) in [4.78, 5) is 11.3. The van der Waals surface area contributed by atoms with Gasteiger partial charge in [0.25, 0.3) is 0 Å². The lowest BCUT2D eigenvalue weighted by molar-refractivity contribution is -0.121. The number of hydrogen-bond acceptors (Lipinski definition) is 1. The van der Waals surface area contributed by atoms with E-state index in [0.717, 1.165) is 25.8 Å². The number of rotatable bonds is 1.